The van der Waals surface area contributed by atoms with Crippen molar-refractivity contribution in [2.24, 2.45) is 0 Å². The standard InChI is InChI=1S/C9H8ClNO2/c1-6(12)4-8(13)7-2-3-11-9(10)5-7/h2-5,13H,1H3. The lowest BCUT2D eigenvalue weighted by molar-refractivity contribution is -0.112. The Morgan fingerprint density at radius 1 is 1.69 bits per heavy atom. The first-order chi connectivity index (χ1) is 6.09. The summed E-state index contributed by atoms with van der Waals surface area (Å²) >= 11 is 5.59. The Morgan fingerprint density at radius 2 is 2.38 bits per heavy atom. The third-order valence-corrected chi connectivity index (χ3v) is 1.57. The molecule has 0 saturated heterocycles. The number of pyridine rings is 1. The highest BCUT2D eigenvalue weighted by Crippen LogP contribution is 2.14. The minimum Gasteiger partial charge on any atom is -0.507 e. The van der Waals surface area contributed by atoms with Crippen molar-refractivity contribution in [3.05, 3.63) is 35.1 Å². The maximum absolute atomic E-state index is 10.6. The van der Waals surface area contributed by atoms with E-state index in [1.165, 1.54) is 19.2 Å². The molecule has 0 radical (unpaired) electrons. The number of carbonyl (C=O) groups is 1. The molecule has 4 heteroatoms. The zero-order valence-electron chi connectivity index (χ0n) is 6.99. The Hall–Kier alpha value is -1.35. The summed E-state index contributed by atoms with van der Waals surface area (Å²) in [6.45, 7) is 1.36. The number of rotatable bonds is 2. The van der Waals surface area contributed by atoms with Crippen LogP contribution in [0, 0.1) is 0 Å². The first kappa shape index (κ1) is 9.74. The van der Waals surface area contributed by atoms with Gasteiger partial charge < -0.3 is 5.11 Å². The summed E-state index contributed by atoms with van der Waals surface area (Å²) in [7, 11) is 0. The average molecular weight is 198 g/mol. The number of ketones is 1. The highest BCUT2D eigenvalue weighted by atomic mass is 35.5. The van der Waals surface area contributed by atoms with Crippen molar-refractivity contribution in [1.29, 1.82) is 0 Å². The van der Waals surface area contributed by atoms with Gasteiger partial charge in [-0.25, -0.2) is 4.98 Å². The maximum Gasteiger partial charge on any atom is 0.156 e. The smallest absolute Gasteiger partial charge is 0.156 e. The van der Waals surface area contributed by atoms with Crippen molar-refractivity contribution >= 4 is 23.1 Å². The largest absolute Gasteiger partial charge is 0.507 e. The van der Waals surface area contributed by atoms with Crippen LogP contribution >= 0.6 is 11.6 Å². The van der Waals surface area contributed by atoms with Gasteiger partial charge in [0.15, 0.2) is 5.78 Å². The zero-order chi connectivity index (χ0) is 9.84. The summed E-state index contributed by atoms with van der Waals surface area (Å²) in [4.78, 5) is 14.4. The van der Waals surface area contributed by atoms with Gasteiger partial charge >= 0.3 is 0 Å². The number of hydrogen-bond acceptors (Lipinski definition) is 3. The Balaban J connectivity index is 3.02. The van der Waals surface area contributed by atoms with E-state index in [9.17, 15) is 9.90 Å². The van der Waals surface area contributed by atoms with Gasteiger partial charge in [-0.05, 0) is 19.1 Å². The fraction of sp³-hybridized carbons (Fsp3) is 0.111. The first-order valence-electron chi connectivity index (χ1n) is 3.63. The molecule has 0 aliphatic rings. The molecule has 0 bridgehead atoms. The summed E-state index contributed by atoms with van der Waals surface area (Å²) in [6, 6.07) is 3.05. The SMILES string of the molecule is CC(=O)C=C(O)c1ccnc(Cl)c1. The molecule has 0 fully saturated rings. The van der Waals surface area contributed by atoms with Crippen LogP contribution < -0.4 is 0 Å². The number of allylic oxidation sites excluding steroid dienone is 1. The molecule has 1 aromatic rings. The predicted molar refractivity (Wildman–Crippen MR) is 50.5 cm³/mol. The second-order valence-electron chi connectivity index (χ2n) is 2.51. The summed E-state index contributed by atoms with van der Waals surface area (Å²) in [5.41, 5.74) is 0.482. The van der Waals surface area contributed by atoms with Crippen LogP contribution in [0.4, 0.5) is 0 Å². The van der Waals surface area contributed by atoms with Crippen LogP contribution in [-0.2, 0) is 4.79 Å². The molecule has 3 nitrogen and oxygen atoms in total. The van der Waals surface area contributed by atoms with E-state index in [1.54, 1.807) is 6.07 Å². The summed E-state index contributed by atoms with van der Waals surface area (Å²) in [5, 5.41) is 9.65. The van der Waals surface area contributed by atoms with Gasteiger partial charge in [0.1, 0.15) is 10.9 Å². The van der Waals surface area contributed by atoms with Crippen LogP contribution in [0.5, 0.6) is 0 Å². The molecule has 1 heterocycles. The molecule has 1 rings (SSSR count). The van der Waals surface area contributed by atoms with Gasteiger partial charge in [0.05, 0.1) is 0 Å². The molecule has 0 aromatic carbocycles. The molecule has 1 aromatic heterocycles. The minimum atomic E-state index is -0.217. The van der Waals surface area contributed by atoms with Crippen molar-refractivity contribution in [3.63, 3.8) is 0 Å². The molecule has 0 aliphatic carbocycles. The number of aliphatic hydroxyl groups excluding tert-OH is 1. The third kappa shape index (κ3) is 2.87. The van der Waals surface area contributed by atoms with Crippen LogP contribution in [0.15, 0.2) is 24.4 Å². The highest BCUT2D eigenvalue weighted by molar-refractivity contribution is 6.29. The molecule has 1 N–H and O–H groups in total. The molecule has 68 valence electrons. The van der Waals surface area contributed by atoms with Gasteiger partial charge in [-0.2, -0.15) is 0 Å². The monoisotopic (exact) mass is 197 g/mol. The molecular weight excluding hydrogens is 190 g/mol. The fourth-order valence-electron chi connectivity index (χ4n) is 0.838. The van der Waals surface area contributed by atoms with Crippen molar-refractivity contribution in [2.75, 3.05) is 0 Å². The lowest BCUT2D eigenvalue weighted by Gasteiger charge is -1.98. The molecular formula is C9H8ClNO2. The summed E-state index contributed by atoms with van der Waals surface area (Å²) in [5.74, 6) is -0.317. The summed E-state index contributed by atoms with van der Waals surface area (Å²) in [6.07, 6.45) is 2.59. The second-order valence-corrected chi connectivity index (χ2v) is 2.89. The van der Waals surface area contributed by atoms with E-state index >= 15 is 0 Å². The Morgan fingerprint density at radius 3 is 2.92 bits per heavy atom. The minimum absolute atomic E-state index is 0.100. The molecule has 0 unspecified atom stereocenters. The summed E-state index contributed by atoms with van der Waals surface area (Å²) < 4.78 is 0. The van der Waals surface area contributed by atoms with Gasteiger partial charge in [0.25, 0.3) is 0 Å². The molecule has 0 atom stereocenters. The molecule has 0 amide bonds. The van der Waals surface area contributed by atoms with Crippen molar-refractivity contribution in [3.8, 4) is 0 Å². The number of aromatic nitrogens is 1. The van der Waals surface area contributed by atoms with E-state index < -0.39 is 0 Å². The number of carbonyl (C=O) groups excluding carboxylic acids is 1. The number of aliphatic hydroxyl groups is 1. The van der Waals surface area contributed by atoms with Crippen LogP contribution in [0.25, 0.3) is 5.76 Å². The lowest BCUT2D eigenvalue weighted by atomic mass is 10.2. The number of hydrogen-bond donors (Lipinski definition) is 1. The van der Waals surface area contributed by atoms with E-state index in [1.807, 2.05) is 0 Å². The third-order valence-electron chi connectivity index (χ3n) is 1.36. The van der Waals surface area contributed by atoms with E-state index in [-0.39, 0.29) is 16.7 Å². The van der Waals surface area contributed by atoms with Crippen molar-refractivity contribution < 1.29 is 9.90 Å². The van der Waals surface area contributed by atoms with Gasteiger partial charge in [0.2, 0.25) is 0 Å². The van der Waals surface area contributed by atoms with E-state index in [0.717, 1.165) is 6.08 Å². The van der Waals surface area contributed by atoms with Crippen LogP contribution in [0.1, 0.15) is 12.5 Å². The normalized spacial score (nSPS) is 11.4. The van der Waals surface area contributed by atoms with Crippen LogP contribution in [-0.4, -0.2) is 15.9 Å². The quantitative estimate of drug-likeness (QED) is 0.449. The van der Waals surface area contributed by atoms with E-state index in [0.29, 0.717) is 5.56 Å². The second kappa shape index (κ2) is 4.05. The Kier molecular flexibility index (Phi) is 3.03. The lowest BCUT2D eigenvalue weighted by Crippen LogP contribution is -1.89. The zero-order valence-corrected chi connectivity index (χ0v) is 7.75. The predicted octanol–water partition coefficient (Wildman–Crippen LogP) is 2.22. The van der Waals surface area contributed by atoms with Crippen LogP contribution in [0.2, 0.25) is 5.15 Å². The molecule has 0 spiro atoms. The van der Waals surface area contributed by atoms with Gasteiger partial charge in [-0.3, -0.25) is 4.79 Å². The Bertz CT molecular complexity index is 360. The van der Waals surface area contributed by atoms with Crippen molar-refractivity contribution in [2.45, 2.75) is 6.92 Å². The van der Waals surface area contributed by atoms with Gasteiger partial charge in [-0.15, -0.1) is 0 Å². The number of halogens is 1. The first-order valence-corrected chi connectivity index (χ1v) is 4.00. The fourth-order valence-corrected chi connectivity index (χ4v) is 1.01. The van der Waals surface area contributed by atoms with Crippen molar-refractivity contribution in [1.82, 2.24) is 4.98 Å². The molecule has 13 heavy (non-hydrogen) atoms. The highest BCUT2D eigenvalue weighted by Gasteiger charge is 2.00. The van der Waals surface area contributed by atoms with E-state index in [2.05, 4.69) is 4.98 Å². The van der Waals surface area contributed by atoms with Gasteiger partial charge in [-0.1, -0.05) is 11.6 Å². The number of nitrogens with zero attached hydrogens (tertiary/aromatic N) is 1. The Labute approximate surface area is 80.7 Å². The van der Waals surface area contributed by atoms with Crippen LogP contribution in [0.3, 0.4) is 0 Å². The maximum atomic E-state index is 10.6. The molecule has 0 saturated carbocycles. The average Bonchev–Trinajstić information content (AvgIpc) is 2.03. The topological polar surface area (TPSA) is 50.2 Å². The molecule has 0 aliphatic heterocycles. The van der Waals surface area contributed by atoms with E-state index in [4.69, 9.17) is 11.6 Å². The van der Waals surface area contributed by atoms with Gasteiger partial charge in [0, 0.05) is 17.8 Å².